The van der Waals surface area contributed by atoms with Crippen LogP contribution in [0, 0.1) is 17.2 Å². The van der Waals surface area contributed by atoms with Gasteiger partial charge in [-0.3, -0.25) is 38.6 Å². The number of nitrogens with one attached hydrogen (secondary N) is 1. The van der Waals surface area contributed by atoms with E-state index >= 15 is 4.39 Å². The number of primary amides is 1. The summed E-state index contributed by atoms with van der Waals surface area (Å²) in [4.78, 5) is 93.6. The van der Waals surface area contributed by atoms with Crippen molar-refractivity contribution >= 4 is 64.3 Å². The molecule has 0 spiro atoms. The lowest BCUT2D eigenvalue weighted by molar-refractivity contribution is -0.178. The molecule has 3 unspecified atom stereocenters. The molecular weight excluding hydrogens is 814 g/mol. The molecule has 5 aliphatic heterocycles. The second-order valence-electron chi connectivity index (χ2n) is 18.0. The fourth-order valence-electron chi connectivity index (χ4n) is 9.05. The molecule has 3 aromatic rings. The van der Waals surface area contributed by atoms with Gasteiger partial charge in [-0.2, -0.15) is 4.98 Å². The lowest BCUT2D eigenvalue weighted by Gasteiger charge is -2.37. The van der Waals surface area contributed by atoms with E-state index < -0.39 is 59.0 Å². The maximum Gasteiger partial charge on any atom is 0.313 e. The predicted molar refractivity (Wildman–Crippen MR) is 230 cm³/mol. The number of carbonyl (C=O) groups excluding carboxylic acids is 6. The molecule has 4 saturated heterocycles. The lowest BCUT2D eigenvalue weighted by atomic mass is 9.97. The Kier molecular flexibility index (Phi) is 12.1. The SMILES string of the molecule is CC(OC(=O)C(C)(C)C)N1C(=O)CCC(N2C(=O)c3ccc(N4CCC(CN5CCN(c6ccc(Nc7nc(N8CCCCC8)nnc7C(N)=O)cc6F)CC5)C4)cc3C2=O)C1=O. The number of amides is 5. The van der Waals surface area contributed by atoms with E-state index in [1.165, 1.54) is 13.0 Å². The first-order valence-corrected chi connectivity index (χ1v) is 21.7. The van der Waals surface area contributed by atoms with Gasteiger partial charge in [0, 0.05) is 76.7 Å². The van der Waals surface area contributed by atoms with Crippen LogP contribution >= 0.6 is 0 Å². The molecule has 0 aliphatic carbocycles. The Labute approximate surface area is 364 Å². The van der Waals surface area contributed by atoms with Crippen LogP contribution in [0.4, 0.5) is 33.2 Å². The lowest BCUT2D eigenvalue weighted by Crippen LogP contribution is -2.59. The minimum Gasteiger partial charge on any atom is -0.441 e. The van der Waals surface area contributed by atoms with E-state index in [-0.39, 0.29) is 35.5 Å². The second-order valence-corrected chi connectivity index (χ2v) is 18.0. The zero-order chi connectivity index (χ0) is 44.7. The molecule has 2 aromatic carbocycles. The zero-order valence-electron chi connectivity index (χ0n) is 36.1. The van der Waals surface area contributed by atoms with Crippen LogP contribution in [0.3, 0.4) is 0 Å². The number of piperidine rings is 2. The Hall–Kier alpha value is -6.24. The Morgan fingerprint density at radius 2 is 1.60 bits per heavy atom. The maximum absolute atomic E-state index is 15.7. The third-order valence-corrected chi connectivity index (χ3v) is 12.5. The minimum atomic E-state index is -1.21. The summed E-state index contributed by atoms with van der Waals surface area (Å²) >= 11 is 0. The van der Waals surface area contributed by atoms with Crippen molar-refractivity contribution in [2.75, 3.05) is 78.9 Å². The van der Waals surface area contributed by atoms with E-state index in [0.29, 0.717) is 36.3 Å². The van der Waals surface area contributed by atoms with E-state index in [0.717, 1.165) is 87.0 Å². The van der Waals surface area contributed by atoms with Gasteiger partial charge in [-0.25, -0.2) is 9.29 Å². The molecule has 8 rings (SSSR count). The monoisotopic (exact) mass is 867 g/mol. The van der Waals surface area contributed by atoms with Gasteiger partial charge in [-0.15, -0.1) is 10.2 Å². The quantitative estimate of drug-likeness (QED) is 0.209. The molecule has 6 heterocycles. The molecule has 63 heavy (non-hydrogen) atoms. The van der Waals surface area contributed by atoms with Gasteiger partial charge in [-0.1, -0.05) is 0 Å². The van der Waals surface area contributed by atoms with Crippen molar-refractivity contribution in [2.45, 2.75) is 78.5 Å². The number of hydrogen-bond donors (Lipinski definition) is 2. The first-order chi connectivity index (χ1) is 30.1. The van der Waals surface area contributed by atoms with Crippen LogP contribution in [0.5, 0.6) is 0 Å². The van der Waals surface area contributed by atoms with Gasteiger partial charge in [-0.05, 0) is 102 Å². The molecule has 0 radical (unpaired) electrons. The Bertz CT molecular complexity index is 2320. The number of hydrogen-bond acceptors (Lipinski definition) is 15. The molecule has 18 nitrogen and oxygen atoms in total. The van der Waals surface area contributed by atoms with E-state index in [1.807, 2.05) is 15.9 Å². The third kappa shape index (κ3) is 8.87. The summed E-state index contributed by atoms with van der Waals surface area (Å²) in [5, 5.41) is 11.2. The van der Waals surface area contributed by atoms with Crippen LogP contribution in [0.2, 0.25) is 0 Å². The van der Waals surface area contributed by atoms with Gasteiger partial charge in [0.25, 0.3) is 23.6 Å². The van der Waals surface area contributed by atoms with Crippen molar-refractivity contribution < 1.29 is 37.9 Å². The molecule has 0 bridgehead atoms. The normalized spacial score (nSPS) is 21.6. The number of benzene rings is 2. The highest BCUT2D eigenvalue weighted by Gasteiger charge is 2.49. The molecule has 5 aliphatic rings. The van der Waals surface area contributed by atoms with Crippen LogP contribution in [-0.4, -0.2) is 137 Å². The fraction of sp³-hybridized carbons (Fsp3) is 0.523. The molecule has 3 N–H and O–H groups in total. The molecule has 0 saturated carbocycles. The Morgan fingerprint density at radius 3 is 2.30 bits per heavy atom. The first-order valence-electron chi connectivity index (χ1n) is 21.7. The summed E-state index contributed by atoms with van der Waals surface area (Å²) in [7, 11) is 0. The van der Waals surface area contributed by atoms with Crippen molar-refractivity contribution in [3.05, 3.63) is 59.0 Å². The first kappa shape index (κ1) is 43.4. The number of likely N-dealkylation sites (tertiary alicyclic amines) is 1. The van der Waals surface area contributed by atoms with Gasteiger partial charge in [0.15, 0.2) is 17.7 Å². The Balaban J connectivity index is 0.847. The summed E-state index contributed by atoms with van der Waals surface area (Å²) < 4.78 is 21.1. The molecule has 5 amide bonds. The number of carbonyl (C=O) groups is 6. The highest BCUT2D eigenvalue weighted by Crippen LogP contribution is 2.35. The highest BCUT2D eigenvalue weighted by atomic mass is 19.1. The number of anilines is 5. The van der Waals surface area contributed by atoms with Gasteiger partial charge in [0.05, 0.1) is 22.2 Å². The number of piperazine rings is 1. The van der Waals surface area contributed by atoms with Crippen LogP contribution in [0.1, 0.15) is 97.4 Å². The maximum atomic E-state index is 15.7. The minimum absolute atomic E-state index is 0.0175. The number of imide groups is 2. The molecular formula is C44H54FN11O7. The van der Waals surface area contributed by atoms with E-state index in [9.17, 15) is 28.8 Å². The number of nitrogens with two attached hydrogens (primary N) is 1. The number of halogens is 1. The average Bonchev–Trinajstić information content (AvgIpc) is 3.82. The van der Waals surface area contributed by atoms with E-state index in [2.05, 4.69) is 30.3 Å². The number of ether oxygens (including phenoxy) is 1. The van der Waals surface area contributed by atoms with Gasteiger partial charge < -0.3 is 30.5 Å². The summed E-state index contributed by atoms with van der Waals surface area (Å²) in [6.07, 6.45) is 2.76. The number of nitrogens with zero attached hydrogens (tertiary/aromatic N) is 9. The van der Waals surface area contributed by atoms with E-state index in [1.54, 1.807) is 45.0 Å². The van der Waals surface area contributed by atoms with Crippen LogP contribution in [0.15, 0.2) is 36.4 Å². The van der Waals surface area contributed by atoms with Gasteiger partial charge in [0.1, 0.15) is 11.9 Å². The topological polar surface area (TPSA) is 208 Å². The molecule has 1 aromatic heterocycles. The smallest absolute Gasteiger partial charge is 0.313 e. The number of aromatic nitrogens is 3. The summed E-state index contributed by atoms with van der Waals surface area (Å²) in [5.41, 5.74) is 6.67. The van der Waals surface area contributed by atoms with Crippen LogP contribution in [-0.2, 0) is 19.1 Å². The number of fused-ring (bicyclic) bond motifs is 1. The zero-order valence-corrected chi connectivity index (χ0v) is 36.1. The highest BCUT2D eigenvalue weighted by molar-refractivity contribution is 6.23. The summed E-state index contributed by atoms with van der Waals surface area (Å²) in [5.74, 6) is -3.41. The third-order valence-electron chi connectivity index (χ3n) is 12.5. The fourth-order valence-corrected chi connectivity index (χ4v) is 9.05. The van der Waals surface area contributed by atoms with Crippen LogP contribution < -0.4 is 25.8 Å². The van der Waals surface area contributed by atoms with Crippen molar-refractivity contribution in [1.29, 1.82) is 0 Å². The van der Waals surface area contributed by atoms with Crippen molar-refractivity contribution in [3.63, 3.8) is 0 Å². The van der Waals surface area contributed by atoms with E-state index in [4.69, 9.17) is 10.5 Å². The Morgan fingerprint density at radius 1 is 0.873 bits per heavy atom. The molecule has 4 fully saturated rings. The van der Waals surface area contributed by atoms with Gasteiger partial charge >= 0.3 is 5.97 Å². The van der Waals surface area contributed by atoms with Crippen molar-refractivity contribution in [3.8, 4) is 0 Å². The number of rotatable bonds is 11. The largest absolute Gasteiger partial charge is 0.441 e. The summed E-state index contributed by atoms with van der Waals surface area (Å²) in [6, 6.07) is 8.80. The number of esters is 1. The molecule has 334 valence electrons. The van der Waals surface area contributed by atoms with Gasteiger partial charge in [0.2, 0.25) is 11.9 Å². The van der Waals surface area contributed by atoms with Crippen LogP contribution in [0.25, 0.3) is 0 Å². The molecule has 19 heteroatoms. The predicted octanol–water partition coefficient (Wildman–Crippen LogP) is 3.54. The standard InChI is InChI=1S/C44H54FN11O7/c1-26(63-42(62)44(2,3)4)55-35(57)13-12-34(41(55)61)56-39(59)30-10-9-29(23-31(30)40(56)60)54-17-14-27(25-54)24-51-18-20-52(21-19-51)33-11-8-28(22-32(33)45)47-38-36(37(46)58)49-50-43(48-38)53-15-6-5-7-16-53/h8-11,22-23,26-27,34H,5-7,12-21,24-25H2,1-4H3,(H2,46,58)(H,47,48,50). The van der Waals surface area contributed by atoms with Crippen molar-refractivity contribution in [1.82, 2.24) is 29.9 Å². The second kappa shape index (κ2) is 17.5. The summed E-state index contributed by atoms with van der Waals surface area (Å²) in [6.45, 7) is 13.1. The van der Waals surface area contributed by atoms with Crippen molar-refractivity contribution in [2.24, 2.45) is 17.1 Å². The average molecular weight is 868 g/mol. The molecule has 3 atom stereocenters.